The highest BCUT2D eigenvalue weighted by Gasteiger charge is 2.17. The summed E-state index contributed by atoms with van der Waals surface area (Å²) in [5.74, 6) is 0. The summed E-state index contributed by atoms with van der Waals surface area (Å²) >= 11 is 0. The molecule has 0 aromatic heterocycles. The first-order valence-corrected chi connectivity index (χ1v) is 7.27. The first-order valence-electron chi connectivity index (χ1n) is 7.27. The van der Waals surface area contributed by atoms with Crippen LogP contribution in [-0.4, -0.2) is 0 Å². The summed E-state index contributed by atoms with van der Waals surface area (Å²) in [5, 5.41) is 2.60. The first-order chi connectivity index (χ1) is 10.4. The molecule has 0 spiro atoms. The molecule has 1 unspecified atom stereocenters. The molecule has 0 saturated carbocycles. The molecule has 0 N–H and O–H groups in total. The van der Waals surface area contributed by atoms with Crippen molar-refractivity contribution in [3.63, 3.8) is 0 Å². The Morgan fingerprint density at radius 1 is 0.810 bits per heavy atom. The Labute approximate surface area is 124 Å². The highest BCUT2D eigenvalue weighted by atomic mass is 16.5. The smallest absolute Gasteiger partial charge is 0.102 e. The van der Waals surface area contributed by atoms with Gasteiger partial charge in [-0.25, -0.2) is 0 Å². The first kappa shape index (κ1) is 12.4. The molecule has 1 aliphatic carbocycles. The van der Waals surface area contributed by atoms with Crippen LogP contribution in [0.2, 0.25) is 0 Å². The van der Waals surface area contributed by atoms with Gasteiger partial charge in [-0.15, -0.1) is 0 Å². The van der Waals surface area contributed by atoms with Crippen LogP contribution in [0.25, 0.3) is 16.8 Å². The molecule has 0 bridgehead atoms. The quantitative estimate of drug-likeness (QED) is 0.642. The zero-order valence-electron chi connectivity index (χ0n) is 11.7. The van der Waals surface area contributed by atoms with Gasteiger partial charge in [-0.05, 0) is 27.5 Å². The van der Waals surface area contributed by atoms with E-state index in [1.807, 2.05) is 18.2 Å². The maximum atomic E-state index is 6.13. The van der Waals surface area contributed by atoms with E-state index in [0.29, 0.717) is 6.61 Å². The van der Waals surface area contributed by atoms with Crippen LogP contribution in [0.1, 0.15) is 22.8 Å². The summed E-state index contributed by atoms with van der Waals surface area (Å²) in [5.41, 5.74) is 3.75. The maximum Gasteiger partial charge on any atom is 0.102 e. The van der Waals surface area contributed by atoms with Crippen molar-refractivity contribution >= 4 is 16.8 Å². The molecule has 1 aliphatic rings. The molecule has 3 aromatic rings. The predicted molar refractivity (Wildman–Crippen MR) is 87.0 cm³/mol. The summed E-state index contributed by atoms with van der Waals surface area (Å²) in [7, 11) is 0. The summed E-state index contributed by atoms with van der Waals surface area (Å²) in [6.07, 6.45) is 4.36. The van der Waals surface area contributed by atoms with Crippen LogP contribution in [0.4, 0.5) is 0 Å². The standard InChI is InChI=1S/C20H16O/c1-2-6-15(7-3-1)14-21-19-13-12-17-9-4-8-16-10-5-11-18(19)20(16)17/h1-13,19H,14H2. The molecular formula is C20H16O. The van der Waals surface area contributed by atoms with E-state index < -0.39 is 0 Å². The molecule has 0 amide bonds. The number of benzene rings is 3. The SMILES string of the molecule is C1=CC(OCc2ccccc2)c2cccc3cccc1c23. The minimum Gasteiger partial charge on any atom is -0.365 e. The van der Waals surface area contributed by atoms with Gasteiger partial charge in [-0.2, -0.15) is 0 Å². The van der Waals surface area contributed by atoms with Gasteiger partial charge in [0.2, 0.25) is 0 Å². The summed E-state index contributed by atoms with van der Waals surface area (Å²) in [6.45, 7) is 0.633. The lowest BCUT2D eigenvalue weighted by Gasteiger charge is -2.21. The molecule has 1 atom stereocenters. The van der Waals surface area contributed by atoms with Crippen LogP contribution in [-0.2, 0) is 11.3 Å². The van der Waals surface area contributed by atoms with Gasteiger partial charge >= 0.3 is 0 Å². The van der Waals surface area contributed by atoms with Crippen LogP contribution in [0.3, 0.4) is 0 Å². The Bertz CT molecular complexity index is 797. The molecule has 1 heteroatoms. The summed E-state index contributed by atoms with van der Waals surface area (Å²) < 4.78 is 6.13. The van der Waals surface area contributed by atoms with Gasteiger partial charge in [0.25, 0.3) is 0 Å². The van der Waals surface area contributed by atoms with Crippen LogP contribution >= 0.6 is 0 Å². The van der Waals surface area contributed by atoms with Crippen LogP contribution in [0.5, 0.6) is 0 Å². The van der Waals surface area contributed by atoms with Crippen molar-refractivity contribution in [2.45, 2.75) is 12.7 Å². The van der Waals surface area contributed by atoms with E-state index in [1.165, 1.54) is 27.5 Å². The van der Waals surface area contributed by atoms with Crippen LogP contribution in [0, 0.1) is 0 Å². The van der Waals surface area contributed by atoms with E-state index in [9.17, 15) is 0 Å². The Morgan fingerprint density at radius 3 is 2.48 bits per heavy atom. The Hall–Kier alpha value is -2.38. The molecule has 0 aliphatic heterocycles. The van der Waals surface area contributed by atoms with Crippen molar-refractivity contribution in [2.75, 3.05) is 0 Å². The van der Waals surface area contributed by atoms with Crippen molar-refractivity contribution in [3.8, 4) is 0 Å². The number of hydrogen-bond donors (Lipinski definition) is 0. The highest BCUT2D eigenvalue weighted by molar-refractivity contribution is 5.95. The van der Waals surface area contributed by atoms with Gasteiger partial charge in [0, 0.05) is 0 Å². The van der Waals surface area contributed by atoms with Gasteiger partial charge in [-0.1, -0.05) is 78.9 Å². The lowest BCUT2D eigenvalue weighted by atomic mass is 9.91. The lowest BCUT2D eigenvalue weighted by Crippen LogP contribution is -2.06. The van der Waals surface area contributed by atoms with E-state index >= 15 is 0 Å². The molecule has 21 heavy (non-hydrogen) atoms. The van der Waals surface area contributed by atoms with Gasteiger partial charge in [-0.3, -0.25) is 0 Å². The Morgan fingerprint density at radius 2 is 1.62 bits per heavy atom. The topological polar surface area (TPSA) is 9.23 Å². The summed E-state index contributed by atoms with van der Waals surface area (Å²) in [4.78, 5) is 0. The molecule has 3 aromatic carbocycles. The van der Waals surface area contributed by atoms with Crippen molar-refractivity contribution < 1.29 is 4.74 Å². The second-order valence-electron chi connectivity index (χ2n) is 5.37. The minimum absolute atomic E-state index is 0.0313. The average Bonchev–Trinajstić information content (AvgIpc) is 2.56. The van der Waals surface area contributed by atoms with Gasteiger partial charge in [0.1, 0.15) is 6.10 Å². The van der Waals surface area contributed by atoms with Crippen LogP contribution in [0.15, 0.2) is 72.8 Å². The normalized spacial score (nSPS) is 16.3. The molecular weight excluding hydrogens is 256 g/mol. The average molecular weight is 272 g/mol. The van der Waals surface area contributed by atoms with Crippen LogP contribution < -0.4 is 0 Å². The second-order valence-corrected chi connectivity index (χ2v) is 5.37. The van der Waals surface area contributed by atoms with Crippen molar-refractivity contribution in [1.29, 1.82) is 0 Å². The second kappa shape index (κ2) is 5.19. The van der Waals surface area contributed by atoms with Gasteiger partial charge < -0.3 is 4.74 Å². The predicted octanol–water partition coefficient (Wildman–Crippen LogP) is 5.12. The molecule has 0 fully saturated rings. The third kappa shape index (κ3) is 2.26. The monoisotopic (exact) mass is 272 g/mol. The largest absolute Gasteiger partial charge is 0.365 e. The fourth-order valence-electron chi connectivity index (χ4n) is 2.98. The zero-order chi connectivity index (χ0) is 14.1. The van der Waals surface area contributed by atoms with Crippen molar-refractivity contribution in [1.82, 2.24) is 0 Å². The van der Waals surface area contributed by atoms with Gasteiger partial charge in [0.05, 0.1) is 6.61 Å². The molecule has 1 nitrogen and oxygen atoms in total. The molecule has 102 valence electrons. The van der Waals surface area contributed by atoms with E-state index in [0.717, 1.165) is 0 Å². The van der Waals surface area contributed by atoms with Crippen molar-refractivity contribution in [2.24, 2.45) is 0 Å². The Kier molecular flexibility index (Phi) is 3.06. The van der Waals surface area contributed by atoms with Gasteiger partial charge in [0.15, 0.2) is 0 Å². The zero-order valence-corrected chi connectivity index (χ0v) is 11.7. The third-order valence-corrected chi connectivity index (χ3v) is 4.00. The lowest BCUT2D eigenvalue weighted by molar-refractivity contribution is 0.0729. The maximum absolute atomic E-state index is 6.13. The van der Waals surface area contributed by atoms with Crippen molar-refractivity contribution in [3.05, 3.63) is 89.5 Å². The van der Waals surface area contributed by atoms with E-state index in [4.69, 9.17) is 4.74 Å². The molecule has 0 heterocycles. The number of rotatable bonds is 3. The van der Waals surface area contributed by atoms with E-state index in [-0.39, 0.29) is 6.10 Å². The number of ether oxygens (including phenoxy) is 1. The number of hydrogen-bond acceptors (Lipinski definition) is 1. The fourth-order valence-corrected chi connectivity index (χ4v) is 2.98. The fraction of sp³-hybridized carbons (Fsp3) is 0.100. The Balaban J connectivity index is 1.67. The third-order valence-electron chi connectivity index (χ3n) is 4.00. The van der Waals surface area contributed by atoms with E-state index in [1.54, 1.807) is 0 Å². The molecule has 0 saturated heterocycles. The minimum atomic E-state index is 0.0313. The summed E-state index contributed by atoms with van der Waals surface area (Å²) in [6, 6.07) is 23.2. The van der Waals surface area contributed by atoms with E-state index in [2.05, 4.69) is 60.7 Å². The highest BCUT2D eigenvalue weighted by Crippen LogP contribution is 2.35. The molecule has 4 rings (SSSR count). The molecule has 0 radical (unpaired) electrons.